The van der Waals surface area contributed by atoms with Crippen molar-refractivity contribution in [3.8, 4) is 5.75 Å². The number of ether oxygens (including phenoxy) is 1. The van der Waals surface area contributed by atoms with Gasteiger partial charge in [0.15, 0.2) is 0 Å². The topological polar surface area (TPSA) is 116 Å². The number of aromatic nitrogens is 2. The predicted octanol–water partition coefficient (Wildman–Crippen LogP) is 3.50. The molecule has 3 heterocycles. The fourth-order valence-corrected chi connectivity index (χ4v) is 4.54. The lowest BCUT2D eigenvalue weighted by atomic mass is 9.92. The Labute approximate surface area is 192 Å². The van der Waals surface area contributed by atoms with E-state index in [1.54, 1.807) is 0 Å². The largest absolute Gasteiger partial charge is 0.573 e. The van der Waals surface area contributed by atoms with Gasteiger partial charge < -0.3 is 20.3 Å². The minimum Gasteiger partial charge on any atom is -0.406 e. The number of carbonyl (C=O) groups excluding carboxylic acids is 2. The summed E-state index contributed by atoms with van der Waals surface area (Å²) in [6.45, 7) is 4.06. The zero-order chi connectivity index (χ0) is 24.6. The first-order valence-electron chi connectivity index (χ1n) is 10.9. The van der Waals surface area contributed by atoms with Crippen molar-refractivity contribution < 1.29 is 27.5 Å². The molecular formula is C22H24F3N5O4. The second kappa shape index (κ2) is 8.99. The molecule has 2 aliphatic rings. The Morgan fingerprint density at radius 1 is 1.21 bits per heavy atom. The molecule has 0 radical (unpaired) electrons. The lowest BCUT2D eigenvalue weighted by Gasteiger charge is -2.39. The maximum Gasteiger partial charge on any atom is 0.573 e. The number of hydrogen-bond donors (Lipinski definition) is 3. The Morgan fingerprint density at radius 3 is 2.59 bits per heavy atom. The molecule has 0 bridgehead atoms. The highest BCUT2D eigenvalue weighted by molar-refractivity contribution is 6.04. The Kier molecular flexibility index (Phi) is 6.24. The molecule has 1 aromatic heterocycles. The van der Waals surface area contributed by atoms with Crippen molar-refractivity contribution in [1.29, 1.82) is 0 Å². The van der Waals surface area contributed by atoms with Gasteiger partial charge in [0.25, 0.3) is 5.56 Å². The summed E-state index contributed by atoms with van der Waals surface area (Å²) in [6.07, 6.45) is -2.28. The van der Waals surface area contributed by atoms with Crippen LogP contribution in [-0.4, -0.2) is 40.2 Å². The number of amides is 2. The van der Waals surface area contributed by atoms with Gasteiger partial charge in [-0.15, -0.1) is 13.2 Å². The summed E-state index contributed by atoms with van der Waals surface area (Å²) in [7, 11) is 0. The summed E-state index contributed by atoms with van der Waals surface area (Å²) in [5, 5.41) is 5.03. The average Bonchev–Trinajstić information content (AvgIpc) is 2.71. The maximum absolute atomic E-state index is 13.0. The highest BCUT2D eigenvalue weighted by Crippen LogP contribution is 2.33. The van der Waals surface area contributed by atoms with Gasteiger partial charge >= 0.3 is 6.36 Å². The quantitative estimate of drug-likeness (QED) is 0.618. The molecule has 0 saturated carbocycles. The van der Waals surface area contributed by atoms with Gasteiger partial charge in [0.05, 0.1) is 11.5 Å². The van der Waals surface area contributed by atoms with E-state index >= 15 is 0 Å². The molecule has 3 atom stereocenters. The van der Waals surface area contributed by atoms with E-state index in [0.29, 0.717) is 5.95 Å². The average molecular weight is 479 g/mol. The van der Waals surface area contributed by atoms with Gasteiger partial charge in [-0.05, 0) is 45.2 Å². The molecule has 2 aromatic rings. The van der Waals surface area contributed by atoms with Crippen LogP contribution in [0, 0.1) is 0 Å². The van der Waals surface area contributed by atoms with Crippen LogP contribution in [0.5, 0.6) is 5.75 Å². The van der Waals surface area contributed by atoms with E-state index in [1.165, 1.54) is 12.1 Å². The third-order valence-electron chi connectivity index (χ3n) is 6.03. The Hall–Kier alpha value is -3.57. The summed E-state index contributed by atoms with van der Waals surface area (Å²) >= 11 is 0. The number of benzene rings is 1. The number of hydrogen-bond acceptors (Lipinski definition) is 6. The molecule has 2 amide bonds. The molecule has 0 aliphatic carbocycles. The number of rotatable bonds is 4. The van der Waals surface area contributed by atoms with Crippen LogP contribution in [0.25, 0.3) is 0 Å². The van der Waals surface area contributed by atoms with Crippen molar-refractivity contribution in [3.63, 3.8) is 0 Å². The molecule has 182 valence electrons. The number of halogens is 3. The van der Waals surface area contributed by atoms with Crippen LogP contribution in [0.15, 0.2) is 29.1 Å². The Bertz CT molecular complexity index is 1160. The minimum atomic E-state index is -4.89. The minimum absolute atomic E-state index is 0.000798. The summed E-state index contributed by atoms with van der Waals surface area (Å²) in [5.41, 5.74) is -0.531. The fourth-order valence-electron chi connectivity index (χ4n) is 4.54. The SMILES string of the molecule is C[C@@H]1CCC[C@H](C)N1c1nc2c(c(=O)[nH]1)[C@@H](C(=O)Nc1cccc(OC(F)(F)F)c1)CC(=O)N2. The Morgan fingerprint density at radius 2 is 1.91 bits per heavy atom. The number of nitrogens with zero attached hydrogens (tertiary/aromatic N) is 2. The third kappa shape index (κ3) is 5.00. The number of piperidine rings is 1. The maximum atomic E-state index is 13.0. The summed E-state index contributed by atoms with van der Waals surface area (Å²) in [5.74, 6) is -2.57. The number of carbonyl (C=O) groups is 2. The number of nitrogens with one attached hydrogen (secondary N) is 3. The van der Waals surface area contributed by atoms with Crippen molar-refractivity contribution in [2.75, 3.05) is 15.5 Å². The number of anilines is 3. The van der Waals surface area contributed by atoms with E-state index in [1.807, 2.05) is 18.7 Å². The zero-order valence-corrected chi connectivity index (χ0v) is 18.5. The van der Waals surface area contributed by atoms with Crippen LogP contribution in [-0.2, 0) is 9.59 Å². The van der Waals surface area contributed by atoms with Gasteiger partial charge in [0.2, 0.25) is 17.8 Å². The normalized spacial score (nSPS) is 22.6. The van der Waals surface area contributed by atoms with Crippen LogP contribution in [0.2, 0.25) is 0 Å². The molecule has 0 spiro atoms. The van der Waals surface area contributed by atoms with Crippen molar-refractivity contribution in [2.45, 2.75) is 63.9 Å². The Balaban J connectivity index is 1.62. The predicted molar refractivity (Wildman–Crippen MR) is 118 cm³/mol. The van der Waals surface area contributed by atoms with Gasteiger partial charge in [-0.1, -0.05) is 6.07 Å². The first kappa shape index (κ1) is 23.6. The van der Waals surface area contributed by atoms with E-state index in [4.69, 9.17) is 0 Å². The highest BCUT2D eigenvalue weighted by Gasteiger charge is 2.36. The molecular weight excluding hydrogens is 455 g/mol. The zero-order valence-electron chi connectivity index (χ0n) is 18.5. The van der Waals surface area contributed by atoms with Crippen molar-refractivity contribution in [3.05, 3.63) is 40.2 Å². The van der Waals surface area contributed by atoms with Crippen LogP contribution >= 0.6 is 0 Å². The highest BCUT2D eigenvalue weighted by atomic mass is 19.4. The third-order valence-corrected chi connectivity index (χ3v) is 6.03. The standard InChI is InChI=1S/C22H24F3N5O4/c1-11-5-3-6-12(2)30(11)21-28-18-17(20(33)29-21)15(10-16(31)27-18)19(32)26-13-7-4-8-14(9-13)34-22(23,24)25/h4,7-9,11-12,15H,3,5-6,10H2,1-2H3,(H,26,32)(H2,27,28,29,31,33)/t11-,12+,15-/m0/s1. The van der Waals surface area contributed by atoms with Crippen LogP contribution in [0.3, 0.4) is 0 Å². The number of aromatic amines is 1. The van der Waals surface area contributed by atoms with Crippen molar-refractivity contribution >= 4 is 29.3 Å². The van der Waals surface area contributed by atoms with Gasteiger partial charge in [-0.25, -0.2) is 0 Å². The molecule has 2 aliphatic heterocycles. The lowest BCUT2D eigenvalue weighted by molar-refractivity contribution is -0.274. The van der Waals surface area contributed by atoms with E-state index < -0.39 is 35.4 Å². The van der Waals surface area contributed by atoms with Gasteiger partial charge in [-0.2, -0.15) is 4.98 Å². The van der Waals surface area contributed by atoms with E-state index in [2.05, 4.69) is 25.3 Å². The first-order valence-corrected chi connectivity index (χ1v) is 10.9. The monoisotopic (exact) mass is 479 g/mol. The van der Waals surface area contributed by atoms with E-state index in [9.17, 15) is 27.6 Å². The molecule has 1 aromatic carbocycles. The van der Waals surface area contributed by atoms with Gasteiger partial charge in [-0.3, -0.25) is 19.4 Å². The van der Waals surface area contributed by atoms with Crippen LogP contribution in [0.4, 0.5) is 30.6 Å². The second-order valence-electron chi connectivity index (χ2n) is 8.56. The van der Waals surface area contributed by atoms with Gasteiger partial charge in [0.1, 0.15) is 11.6 Å². The summed E-state index contributed by atoms with van der Waals surface area (Å²) in [4.78, 5) is 47.5. The molecule has 1 fully saturated rings. The smallest absolute Gasteiger partial charge is 0.406 e. The van der Waals surface area contributed by atoms with E-state index in [0.717, 1.165) is 31.4 Å². The summed E-state index contributed by atoms with van der Waals surface area (Å²) in [6, 6.07) is 5.00. The second-order valence-corrected chi connectivity index (χ2v) is 8.56. The van der Waals surface area contributed by atoms with Crippen molar-refractivity contribution in [2.24, 2.45) is 0 Å². The summed E-state index contributed by atoms with van der Waals surface area (Å²) < 4.78 is 41.3. The van der Waals surface area contributed by atoms with Gasteiger partial charge in [0, 0.05) is 30.3 Å². The molecule has 4 rings (SSSR count). The molecule has 3 N–H and O–H groups in total. The first-order chi connectivity index (χ1) is 16.0. The fraction of sp³-hybridized carbons (Fsp3) is 0.455. The molecule has 34 heavy (non-hydrogen) atoms. The van der Waals surface area contributed by atoms with E-state index in [-0.39, 0.29) is 35.6 Å². The number of alkyl halides is 3. The van der Waals surface area contributed by atoms with Crippen LogP contribution in [0.1, 0.15) is 51.0 Å². The molecule has 0 unspecified atom stereocenters. The molecule has 9 nitrogen and oxygen atoms in total. The number of H-pyrrole nitrogens is 1. The number of fused-ring (bicyclic) bond motifs is 1. The van der Waals surface area contributed by atoms with Crippen molar-refractivity contribution in [1.82, 2.24) is 9.97 Å². The molecule has 1 saturated heterocycles. The lowest BCUT2D eigenvalue weighted by Crippen LogP contribution is -2.46. The molecule has 12 heteroatoms. The van der Waals surface area contributed by atoms with Crippen LogP contribution < -0.4 is 25.8 Å².